The number of nitrogens with zero attached hydrogens (tertiary/aromatic N) is 1. The highest BCUT2D eigenvalue weighted by Gasteiger charge is 2.24. The zero-order valence-electron chi connectivity index (χ0n) is 12.2. The molecule has 0 bridgehead atoms. The Morgan fingerprint density at radius 3 is 2.74 bits per heavy atom. The zero-order valence-corrected chi connectivity index (χ0v) is 12.2. The predicted molar refractivity (Wildman–Crippen MR) is 80.9 cm³/mol. The largest absolute Gasteiger partial charge is 0.486 e. The van der Waals surface area contributed by atoms with Crippen LogP contribution < -0.4 is 19.9 Å². The molecule has 120 valence electrons. The molecule has 2 aromatic carbocycles. The second kappa shape index (κ2) is 6.45. The van der Waals surface area contributed by atoms with Crippen molar-refractivity contribution in [3.8, 4) is 23.0 Å². The first-order valence-corrected chi connectivity index (χ1v) is 7.04. The quantitative estimate of drug-likeness (QED) is 0.667. The number of amides is 2. The molecular formula is C16H16N2O5. The summed E-state index contributed by atoms with van der Waals surface area (Å²) < 4.78 is 17.0. The number of hydroxylamine groups is 2. The van der Waals surface area contributed by atoms with E-state index in [9.17, 15) is 10.0 Å². The summed E-state index contributed by atoms with van der Waals surface area (Å²) in [7, 11) is 0. The van der Waals surface area contributed by atoms with Gasteiger partial charge < -0.3 is 19.9 Å². The monoisotopic (exact) mass is 316 g/mol. The van der Waals surface area contributed by atoms with Gasteiger partial charge in [0.1, 0.15) is 18.1 Å². The first-order chi connectivity index (χ1) is 11.1. The van der Waals surface area contributed by atoms with E-state index < -0.39 is 12.1 Å². The molecule has 0 aliphatic carbocycles. The highest BCUT2D eigenvalue weighted by atomic mass is 16.6. The molecule has 3 rings (SSSR count). The lowest BCUT2D eigenvalue weighted by Crippen LogP contribution is -2.44. The molecule has 0 spiro atoms. The molecule has 0 saturated heterocycles. The Labute approximate surface area is 132 Å². The zero-order chi connectivity index (χ0) is 16.2. The van der Waals surface area contributed by atoms with Crippen molar-refractivity contribution in [3.05, 3.63) is 48.5 Å². The van der Waals surface area contributed by atoms with Gasteiger partial charge in [0.15, 0.2) is 17.6 Å². The Morgan fingerprint density at radius 2 is 2.00 bits per heavy atom. The first kappa shape index (κ1) is 15.0. The molecule has 0 aromatic heterocycles. The van der Waals surface area contributed by atoms with Crippen molar-refractivity contribution in [2.45, 2.75) is 6.10 Å². The fraction of sp³-hybridized carbons (Fsp3) is 0.188. The summed E-state index contributed by atoms with van der Waals surface area (Å²) in [6, 6.07) is 13.6. The van der Waals surface area contributed by atoms with Crippen LogP contribution in [-0.2, 0) is 0 Å². The summed E-state index contributed by atoms with van der Waals surface area (Å²) >= 11 is 0. The van der Waals surface area contributed by atoms with Gasteiger partial charge in [0.25, 0.3) is 0 Å². The highest BCUT2D eigenvalue weighted by Crippen LogP contribution is 2.36. The summed E-state index contributed by atoms with van der Waals surface area (Å²) in [5.41, 5.74) is 4.98. The van der Waals surface area contributed by atoms with Crippen molar-refractivity contribution in [1.29, 1.82) is 0 Å². The van der Waals surface area contributed by atoms with Crippen LogP contribution in [0.15, 0.2) is 48.5 Å². The Balaban J connectivity index is 1.71. The fourth-order valence-electron chi connectivity index (χ4n) is 2.16. The van der Waals surface area contributed by atoms with Gasteiger partial charge in [-0.2, -0.15) is 0 Å². The molecule has 0 saturated carbocycles. The van der Waals surface area contributed by atoms with Crippen LogP contribution in [-0.4, -0.2) is 35.6 Å². The Hall–Kier alpha value is -2.93. The molecule has 3 N–H and O–H groups in total. The number of carbonyl (C=O) groups is 1. The number of hydrogen-bond acceptors (Lipinski definition) is 5. The number of para-hydroxylation sites is 1. The molecule has 1 aliphatic rings. The summed E-state index contributed by atoms with van der Waals surface area (Å²) in [4.78, 5) is 10.9. The lowest BCUT2D eigenvalue weighted by molar-refractivity contribution is -0.0714. The maximum Gasteiger partial charge on any atom is 0.338 e. The van der Waals surface area contributed by atoms with Gasteiger partial charge in [0.2, 0.25) is 0 Å². The average molecular weight is 316 g/mol. The van der Waals surface area contributed by atoms with Gasteiger partial charge in [-0.25, -0.2) is 9.86 Å². The van der Waals surface area contributed by atoms with Crippen LogP contribution in [0.5, 0.6) is 23.0 Å². The van der Waals surface area contributed by atoms with Crippen LogP contribution >= 0.6 is 0 Å². The van der Waals surface area contributed by atoms with E-state index in [4.69, 9.17) is 19.9 Å². The Bertz CT molecular complexity index is 692. The molecule has 0 radical (unpaired) electrons. The van der Waals surface area contributed by atoms with Gasteiger partial charge in [0, 0.05) is 6.07 Å². The highest BCUT2D eigenvalue weighted by molar-refractivity contribution is 5.70. The van der Waals surface area contributed by atoms with E-state index in [-0.39, 0.29) is 13.2 Å². The molecule has 1 unspecified atom stereocenters. The normalized spacial score (nSPS) is 15.8. The Morgan fingerprint density at radius 1 is 1.22 bits per heavy atom. The van der Waals surface area contributed by atoms with Crippen molar-refractivity contribution >= 4 is 6.03 Å². The molecule has 2 aromatic rings. The van der Waals surface area contributed by atoms with Gasteiger partial charge >= 0.3 is 6.03 Å². The number of carbonyl (C=O) groups excluding carboxylic acids is 1. The van der Waals surface area contributed by atoms with E-state index in [2.05, 4.69) is 0 Å². The standard InChI is InChI=1S/C16H16N2O5/c17-16(19)18(20)9-13-10-21-14-7-6-12(8-15(14)23-13)22-11-4-2-1-3-5-11/h1-8,13,20H,9-10H2,(H2,17,19). The number of hydrogen-bond donors (Lipinski definition) is 2. The number of benzene rings is 2. The molecule has 23 heavy (non-hydrogen) atoms. The molecule has 7 nitrogen and oxygen atoms in total. The van der Waals surface area contributed by atoms with Crippen molar-refractivity contribution in [2.24, 2.45) is 5.73 Å². The predicted octanol–water partition coefficient (Wildman–Crippen LogP) is 2.39. The van der Waals surface area contributed by atoms with Crippen molar-refractivity contribution < 1.29 is 24.2 Å². The molecule has 2 amide bonds. The van der Waals surface area contributed by atoms with Crippen molar-refractivity contribution in [1.82, 2.24) is 5.06 Å². The minimum atomic E-state index is -0.944. The van der Waals surface area contributed by atoms with E-state index >= 15 is 0 Å². The van der Waals surface area contributed by atoms with Crippen LogP contribution in [0.4, 0.5) is 4.79 Å². The van der Waals surface area contributed by atoms with Crippen molar-refractivity contribution in [3.63, 3.8) is 0 Å². The first-order valence-electron chi connectivity index (χ1n) is 7.04. The van der Waals surface area contributed by atoms with E-state index in [1.807, 2.05) is 30.3 Å². The van der Waals surface area contributed by atoms with Crippen LogP contribution in [0.3, 0.4) is 0 Å². The number of urea groups is 1. The summed E-state index contributed by atoms with van der Waals surface area (Å²) in [6.45, 7) is 0.120. The van der Waals surface area contributed by atoms with Gasteiger partial charge in [-0.1, -0.05) is 18.2 Å². The second-order valence-corrected chi connectivity index (χ2v) is 4.99. The smallest absolute Gasteiger partial charge is 0.338 e. The summed E-state index contributed by atoms with van der Waals surface area (Å²) in [6.07, 6.45) is -0.521. The average Bonchev–Trinajstić information content (AvgIpc) is 2.55. The fourth-order valence-corrected chi connectivity index (χ4v) is 2.16. The second-order valence-electron chi connectivity index (χ2n) is 4.99. The summed E-state index contributed by atoms with van der Waals surface area (Å²) in [5.74, 6) is 2.35. The number of rotatable bonds is 4. The van der Waals surface area contributed by atoms with E-state index in [0.717, 1.165) is 0 Å². The van der Waals surface area contributed by atoms with E-state index in [0.29, 0.717) is 28.1 Å². The van der Waals surface area contributed by atoms with Gasteiger partial charge in [0.05, 0.1) is 6.54 Å². The summed E-state index contributed by atoms with van der Waals surface area (Å²) in [5, 5.41) is 9.77. The number of fused-ring (bicyclic) bond motifs is 1. The van der Waals surface area contributed by atoms with Gasteiger partial charge in [-0.15, -0.1) is 0 Å². The SMILES string of the molecule is NC(=O)N(O)CC1COc2ccc(Oc3ccccc3)cc2O1. The van der Waals surface area contributed by atoms with Gasteiger partial charge in [-0.3, -0.25) is 5.21 Å². The molecule has 1 heterocycles. The van der Waals surface area contributed by atoms with Crippen molar-refractivity contribution in [2.75, 3.05) is 13.2 Å². The molecule has 0 fully saturated rings. The molecule has 1 atom stereocenters. The molecule has 7 heteroatoms. The van der Waals surface area contributed by atoms with E-state index in [1.54, 1.807) is 18.2 Å². The van der Waals surface area contributed by atoms with Crippen LogP contribution in [0.1, 0.15) is 0 Å². The maximum atomic E-state index is 10.9. The number of primary amides is 1. The minimum Gasteiger partial charge on any atom is -0.486 e. The van der Waals surface area contributed by atoms with Crippen LogP contribution in [0, 0.1) is 0 Å². The molecule has 1 aliphatic heterocycles. The maximum absolute atomic E-state index is 10.9. The topological polar surface area (TPSA) is 94.3 Å². The van der Waals surface area contributed by atoms with Gasteiger partial charge in [-0.05, 0) is 24.3 Å². The third kappa shape index (κ3) is 3.64. The third-order valence-electron chi connectivity index (χ3n) is 3.24. The Kier molecular flexibility index (Phi) is 4.20. The lowest BCUT2D eigenvalue weighted by Gasteiger charge is -2.28. The number of ether oxygens (including phenoxy) is 3. The lowest BCUT2D eigenvalue weighted by atomic mass is 10.2. The van der Waals surface area contributed by atoms with Crippen LogP contribution in [0.25, 0.3) is 0 Å². The third-order valence-corrected chi connectivity index (χ3v) is 3.24. The minimum absolute atomic E-state index is 0.0848. The number of nitrogens with two attached hydrogens (primary N) is 1. The van der Waals surface area contributed by atoms with E-state index in [1.165, 1.54) is 0 Å². The molecular weight excluding hydrogens is 300 g/mol. The van der Waals surface area contributed by atoms with Crippen LogP contribution in [0.2, 0.25) is 0 Å².